The van der Waals surface area contributed by atoms with Crippen molar-refractivity contribution < 1.29 is 14.3 Å². The molecule has 6 heteroatoms. The Morgan fingerprint density at radius 1 is 1.28 bits per heavy atom. The molecular formula is C19H25N3O3. The maximum Gasteiger partial charge on any atom is 0.317 e. The maximum atomic E-state index is 13.3. The van der Waals surface area contributed by atoms with Crippen LogP contribution in [-0.4, -0.2) is 56.2 Å². The van der Waals surface area contributed by atoms with E-state index in [0.29, 0.717) is 45.1 Å². The number of methoxy groups -OCH3 is 1. The van der Waals surface area contributed by atoms with Crippen molar-refractivity contribution in [1.82, 2.24) is 10.2 Å². The number of carbonyl (C=O) groups excluding carboxylic acids is 2. The zero-order chi connectivity index (χ0) is 17.4. The van der Waals surface area contributed by atoms with Gasteiger partial charge in [-0.05, 0) is 37.3 Å². The van der Waals surface area contributed by atoms with Crippen LogP contribution in [0.1, 0.15) is 31.2 Å². The fourth-order valence-corrected chi connectivity index (χ4v) is 4.07. The zero-order valence-electron chi connectivity index (χ0n) is 14.7. The van der Waals surface area contributed by atoms with Gasteiger partial charge in [0.05, 0.1) is 12.0 Å². The molecule has 2 fully saturated rings. The number of piperidine rings is 1. The Balaban J connectivity index is 1.53. The fourth-order valence-electron chi connectivity index (χ4n) is 4.07. The lowest BCUT2D eigenvalue weighted by molar-refractivity contribution is -0.124. The Morgan fingerprint density at radius 2 is 2.00 bits per heavy atom. The largest absolute Gasteiger partial charge is 0.383 e. The van der Waals surface area contributed by atoms with Crippen molar-refractivity contribution >= 4 is 17.6 Å². The first-order valence-electron chi connectivity index (χ1n) is 9.11. The van der Waals surface area contributed by atoms with E-state index < -0.39 is 5.41 Å². The SMILES string of the molecule is COCCN1C(=O)C2(CCN(C(=O)NC3CC3)CC2)c2ccccc21. The van der Waals surface area contributed by atoms with E-state index in [1.807, 2.05) is 28.0 Å². The number of carbonyl (C=O) groups is 2. The minimum atomic E-state index is -0.485. The molecule has 6 nitrogen and oxygen atoms in total. The average Bonchev–Trinajstić information content (AvgIpc) is 3.42. The molecule has 0 radical (unpaired) electrons. The van der Waals surface area contributed by atoms with Crippen molar-refractivity contribution in [3.63, 3.8) is 0 Å². The van der Waals surface area contributed by atoms with Gasteiger partial charge in [0.2, 0.25) is 5.91 Å². The summed E-state index contributed by atoms with van der Waals surface area (Å²) in [5.41, 5.74) is 1.62. The molecule has 25 heavy (non-hydrogen) atoms. The van der Waals surface area contributed by atoms with Gasteiger partial charge in [0.25, 0.3) is 0 Å². The predicted octanol–water partition coefficient (Wildman–Crippen LogP) is 1.89. The van der Waals surface area contributed by atoms with Gasteiger partial charge in [-0.25, -0.2) is 4.79 Å². The molecule has 2 aliphatic heterocycles. The summed E-state index contributed by atoms with van der Waals surface area (Å²) in [7, 11) is 1.65. The Hall–Kier alpha value is -2.08. The van der Waals surface area contributed by atoms with E-state index in [0.717, 1.165) is 24.1 Å². The minimum Gasteiger partial charge on any atom is -0.383 e. The Labute approximate surface area is 148 Å². The molecule has 4 rings (SSSR count). The highest BCUT2D eigenvalue weighted by molar-refractivity contribution is 6.08. The highest BCUT2D eigenvalue weighted by Gasteiger charge is 2.52. The van der Waals surface area contributed by atoms with Gasteiger partial charge < -0.3 is 19.9 Å². The third-order valence-corrected chi connectivity index (χ3v) is 5.69. The number of ether oxygens (including phenoxy) is 1. The second-order valence-corrected chi connectivity index (χ2v) is 7.26. The van der Waals surface area contributed by atoms with Crippen LogP contribution in [0.4, 0.5) is 10.5 Å². The molecule has 1 aliphatic carbocycles. The molecule has 1 aromatic carbocycles. The van der Waals surface area contributed by atoms with E-state index in [2.05, 4.69) is 11.4 Å². The van der Waals surface area contributed by atoms with E-state index in [9.17, 15) is 9.59 Å². The summed E-state index contributed by atoms with van der Waals surface area (Å²) in [4.78, 5) is 29.3. The number of likely N-dealkylation sites (tertiary alicyclic amines) is 1. The zero-order valence-corrected chi connectivity index (χ0v) is 14.7. The van der Waals surface area contributed by atoms with Crippen LogP contribution in [0.25, 0.3) is 0 Å². The first kappa shape index (κ1) is 16.4. The molecule has 1 saturated carbocycles. The molecule has 134 valence electrons. The third kappa shape index (κ3) is 2.78. The number of amides is 3. The number of nitrogens with one attached hydrogen (secondary N) is 1. The minimum absolute atomic E-state index is 0.0207. The smallest absolute Gasteiger partial charge is 0.317 e. The van der Waals surface area contributed by atoms with Crippen LogP contribution in [0.15, 0.2) is 24.3 Å². The summed E-state index contributed by atoms with van der Waals surface area (Å²) in [6, 6.07) is 8.45. The van der Waals surface area contributed by atoms with Gasteiger partial charge in [-0.2, -0.15) is 0 Å². The summed E-state index contributed by atoms with van der Waals surface area (Å²) >= 11 is 0. The van der Waals surface area contributed by atoms with Crippen LogP contribution < -0.4 is 10.2 Å². The molecule has 1 aromatic rings. The topological polar surface area (TPSA) is 61.9 Å². The lowest BCUT2D eigenvalue weighted by Crippen LogP contribution is -2.52. The fraction of sp³-hybridized carbons (Fsp3) is 0.579. The number of anilines is 1. The van der Waals surface area contributed by atoms with Crippen LogP contribution >= 0.6 is 0 Å². The molecule has 0 unspecified atom stereocenters. The molecule has 3 amide bonds. The van der Waals surface area contributed by atoms with Gasteiger partial charge in [-0.1, -0.05) is 18.2 Å². The molecule has 1 spiro atoms. The number of benzene rings is 1. The number of nitrogens with zero attached hydrogens (tertiary/aromatic N) is 2. The third-order valence-electron chi connectivity index (χ3n) is 5.69. The van der Waals surface area contributed by atoms with E-state index in [1.165, 1.54) is 0 Å². The van der Waals surface area contributed by atoms with Crippen LogP contribution in [-0.2, 0) is 14.9 Å². The van der Waals surface area contributed by atoms with Gasteiger partial charge in [-0.3, -0.25) is 4.79 Å². The summed E-state index contributed by atoms with van der Waals surface area (Å²) < 4.78 is 5.18. The van der Waals surface area contributed by atoms with Crippen LogP contribution in [0, 0.1) is 0 Å². The van der Waals surface area contributed by atoms with Gasteiger partial charge in [0, 0.05) is 38.5 Å². The lowest BCUT2D eigenvalue weighted by Gasteiger charge is -2.38. The van der Waals surface area contributed by atoms with Gasteiger partial charge >= 0.3 is 6.03 Å². The van der Waals surface area contributed by atoms with E-state index in [1.54, 1.807) is 7.11 Å². The Bertz CT molecular complexity index is 678. The van der Waals surface area contributed by atoms with Crippen LogP contribution in [0.2, 0.25) is 0 Å². The molecule has 1 saturated heterocycles. The van der Waals surface area contributed by atoms with Gasteiger partial charge in [0.1, 0.15) is 0 Å². The first-order chi connectivity index (χ1) is 12.2. The number of fused-ring (bicyclic) bond motifs is 2. The molecule has 3 aliphatic rings. The quantitative estimate of drug-likeness (QED) is 0.908. The summed E-state index contributed by atoms with van der Waals surface area (Å²) in [6.07, 6.45) is 3.54. The van der Waals surface area contributed by atoms with Crippen LogP contribution in [0.3, 0.4) is 0 Å². The Kier molecular flexibility index (Phi) is 4.15. The summed E-state index contributed by atoms with van der Waals surface area (Å²) in [5.74, 6) is 0.160. The monoisotopic (exact) mass is 343 g/mol. The molecule has 2 heterocycles. The first-order valence-corrected chi connectivity index (χ1v) is 9.11. The molecular weight excluding hydrogens is 318 g/mol. The van der Waals surface area contributed by atoms with Gasteiger partial charge in [0.15, 0.2) is 0 Å². The van der Waals surface area contributed by atoms with Crippen LogP contribution in [0.5, 0.6) is 0 Å². The number of rotatable bonds is 4. The highest BCUT2D eigenvalue weighted by atomic mass is 16.5. The van der Waals surface area contributed by atoms with Gasteiger partial charge in [-0.15, -0.1) is 0 Å². The molecule has 0 atom stereocenters. The summed E-state index contributed by atoms with van der Waals surface area (Å²) in [5, 5.41) is 3.04. The highest BCUT2D eigenvalue weighted by Crippen LogP contribution is 2.47. The lowest BCUT2D eigenvalue weighted by atomic mass is 9.73. The summed E-state index contributed by atoms with van der Waals surface area (Å²) in [6.45, 7) is 2.33. The maximum absolute atomic E-state index is 13.3. The van der Waals surface area contributed by atoms with Crippen molar-refractivity contribution in [1.29, 1.82) is 0 Å². The molecule has 1 N–H and O–H groups in total. The average molecular weight is 343 g/mol. The second-order valence-electron chi connectivity index (χ2n) is 7.26. The molecule has 0 aromatic heterocycles. The van der Waals surface area contributed by atoms with Crippen molar-refractivity contribution in [3.05, 3.63) is 29.8 Å². The van der Waals surface area contributed by atoms with E-state index in [4.69, 9.17) is 4.74 Å². The second kappa shape index (κ2) is 6.33. The molecule has 0 bridgehead atoms. The number of hydrogen-bond acceptors (Lipinski definition) is 3. The predicted molar refractivity (Wildman–Crippen MR) is 94.7 cm³/mol. The number of hydrogen-bond donors (Lipinski definition) is 1. The number of para-hydroxylation sites is 1. The van der Waals surface area contributed by atoms with E-state index >= 15 is 0 Å². The van der Waals surface area contributed by atoms with Crippen molar-refractivity contribution in [3.8, 4) is 0 Å². The Morgan fingerprint density at radius 3 is 2.68 bits per heavy atom. The number of urea groups is 1. The van der Waals surface area contributed by atoms with Crippen molar-refractivity contribution in [2.24, 2.45) is 0 Å². The standard InChI is InChI=1S/C19H25N3O3/c1-25-13-12-22-16-5-3-2-4-15(16)19(17(22)23)8-10-21(11-9-19)18(24)20-14-6-7-14/h2-5,14H,6-13H2,1H3,(H,20,24). The van der Waals surface area contributed by atoms with E-state index in [-0.39, 0.29) is 11.9 Å². The van der Waals surface area contributed by atoms with Crippen molar-refractivity contribution in [2.75, 3.05) is 38.3 Å². The normalized spacial score (nSPS) is 21.6. The van der Waals surface area contributed by atoms with Crippen molar-refractivity contribution in [2.45, 2.75) is 37.1 Å².